The molecule has 1 heterocycles. The molecule has 1 aliphatic rings. The summed E-state index contributed by atoms with van der Waals surface area (Å²) in [5, 5.41) is 12.6. The van der Waals surface area contributed by atoms with E-state index in [9.17, 15) is 9.90 Å². The summed E-state index contributed by atoms with van der Waals surface area (Å²) in [6.45, 7) is 4.82. The SMILES string of the molecule is CC(C)n1cc(Br)cc1C(=O)NCC1(CO)CCCC1. The minimum Gasteiger partial charge on any atom is -0.396 e. The Kier molecular flexibility index (Phi) is 4.91. The molecule has 1 amide bonds. The van der Waals surface area contributed by atoms with Crippen LogP contribution < -0.4 is 5.32 Å². The quantitative estimate of drug-likeness (QED) is 0.863. The van der Waals surface area contributed by atoms with Crippen molar-refractivity contribution in [3.63, 3.8) is 0 Å². The van der Waals surface area contributed by atoms with Crippen molar-refractivity contribution in [1.29, 1.82) is 0 Å². The number of nitrogens with zero attached hydrogens (tertiary/aromatic N) is 1. The molecule has 0 atom stereocenters. The minimum absolute atomic E-state index is 0.0656. The number of carbonyl (C=O) groups is 1. The first kappa shape index (κ1) is 15.6. The average molecular weight is 343 g/mol. The topological polar surface area (TPSA) is 54.3 Å². The Morgan fingerprint density at radius 2 is 2.15 bits per heavy atom. The van der Waals surface area contributed by atoms with Crippen LogP contribution >= 0.6 is 15.9 Å². The second-order valence-corrected chi connectivity index (χ2v) is 7.01. The van der Waals surface area contributed by atoms with E-state index in [1.54, 1.807) is 0 Å². The number of halogens is 1. The fourth-order valence-electron chi connectivity index (χ4n) is 2.93. The highest BCUT2D eigenvalue weighted by molar-refractivity contribution is 9.10. The Morgan fingerprint density at radius 3 is 2.70 bits per heavy atom. The van der Waals surface area contributed by atoms with Crippen LogP contribution in [0.4, 0.5) is 0 Å². The van der Waals surface area contributed by atoms with Crippen LogP contribution in [-0.2, 0) is 0 Å². The largest absolute Gasteiger partial charge is 0.396 e. The molecule has 1 aromatic rings. The Hall–Kier alpha value is -0.810. The number of aliphatic hydroxyl groups excluding tert-OH is 1. The van der Waals surface area contributed by atoms with Gasteiger partial charge in [0.1, 0.15) is 5.69 Å². The fraction of sp³-hybridized carbons (Fsp3) is 0.667. The molecule has 0 spiro atoms. The van der Waals surface area contributed by atoms with Crippen molar-refractivity contribution < 1.29 is 9.90 Å². The molecule has 0 aromatic carbocycles. The van der Waals surface area contributed by atoms with E-state index >= 15 is 0 Å². The van der Waals surface area contributed by atoms with Crippen molar-refractivity contribution in [2.24, 2.45) is 5.41 Å². The molecule has 0 radical (unpaired) electrons. The third kappa shape index (κ3) is 3.26. The number of aliphatic hydroxyl groups is 1. The molecule has 0 saturated heterocycles. The van der Waals surface area contributed by atoms with Crippen LogP contribution in [0.25, 0.3) is 0 Å². The maximum atomic E-state index is 12.4. The molecule has 0 bridgehead atoms. The smallest absolute Gasteiger partial charge is 0.267 e. The molecule has 20 heavy (non-hydrogen) atoms. The predicted molar refractivity (Wildman–Crippen MR) is 82.8 cm³/mol. The molecule has 5 heteroatoms. The number of hydrogen-bond acceptors (Lipinski definition) is 2. The van der Waals surface area contributed by atoms with Crippen molar-refractivity contribution in [2.45, 2.75) is 45.6 Å². The number of carbonyl (C=O) groups excluding carboxylic acids is 1. The zero-order valence-corrected chi connectivity index (χ0v) is 13.7. The highest BCUT2D eigenvalue weighted by Crippen LogP contribution is 2.37. The standard InChI is InChI=1S/C15H23BrN2O2/c1-11(2)18-8-12(16)7-13(18)14(20)17-9-15(10-19)5-3-4-6-15/h7-8,11,19H,3-6,9-10H2,1-2H3,(H,17,20). The van der Waals surface area contributed by atoms with E-state index < -0.39 is 0 Å². The van der Waals surface area contributed by atoms with Crippen LogP contribution in [0.2, 0.25) is 0 Å². The van der Waals surface area contributed by atoms with Gasteiger partial charge in [-0.05, 0) is 48.7 Å². The Morgan fingerprint density at radius 1 is 1.50 bits per heavy atom. The highest BCUT2D eigenvalue weighted by Gasteiger charge is 2.33. The molecule has 0 aliphatic heterocycles. The van der Waals surface area contributed by atoms with Crippen LogP contribution in [0.1, 0.15) is 56.1 Å². The van der Waals surface area contributed by atoms with Gasteiger partial charge in [0.25, 0.3) is 5.91 Å². The van der Waals surface area contributed by atoms with Gasteiger partial charge < -0.3 is 15.0 Å². The van der Waals surface area contributed by atoms with Gasteiger partial charge in [-0.3, -0.25) is 4.79 Å². The van der Waals surface area contributed by atoms with E-state index in [1.165, 1.54) is 0 Å². The summed E-state index contributed by atoms with van der Waals surface area (Å²) < 4.78 is 2.87. The van der Waals surface area contributed by atoms with Gasteiger partial charge in [-0.25, -0.2) is 0 Å². The van der Waals surface area contributed by atoms with E-state index in [0.29, 0.717) is 12.2 Å². The summed E-state index contributed by atoms with van der Waals surface area (Å²) in [6, 6.07) is 2.08. The maximum Gasteiger partial charge on any atom is 0.267 e. The normalized spacial score (nSPS) is 17.6. The molecule has 0 unspecified atom stereocenters. The van der Waals surface area contributed by atoms with Gasteiger partial charge >= 0.3 is 0 Å². The van der Waals surface area contributed by atoms with Crippen LogP contribution in [0, 0.1) is 5.41 Å². The van der Waals surface area contributed by atoms with Crippen molar-refractivity contribution in [1.82, 2.24) is 9.88 Å². The van der Waals surface area contributed by atoms with Crippen LogP contribution in [0.3, 0.4) is 0 Å². The molecular weight excluding hydrogens is 320 g/mol. The molecule has 1 saturated carbocycles. The summed E-state index contributed by atoms with van der Waals surface area (Å²) in [7, 11) is 0. The summed E-state index contributed by atoms with van der Waals surface area (Å²) in [5.41, 5.74) is 0.556. The van der Waals surface area contributed by atoms with Gasteiger partial charge in [0.05, 0.1) is 6.61 Å². The molecular formula is C15H23BrN2O2. The molecule has 2 rings (SSSR count). The van der Waals surface area contributed by atoms with Gasteiger partial charge in [-0.1, -0.05) is 12.8 Å². The molecule has 4 nitrogen and oxygen atoms in total. The lowest BCUT2D eigenvalue weighted by atomic mass is 9.87. The van der Waals surface area contributed by atoms with E-state index in [4.69, 9.17) is 0 Å². The Bertz CT molecular complexity index is 476. The van der Waals surface area contributed by atoms with Gasteiger partial charge in [-0.2, -0.15) is 0 Å². The molecule has 1 aromatic heterocycles. The zero-order chi connectivity index (χ0) is 14.8. The highest BCUT2D eigenvalue weighted by atomic mass is 79.9. The van der Waals surface area contributed by atoms with Crippen molar-refractivity contribution >= 4 is 21.8 Å². The lowest BCUT2D eigenvalue weighted by Gasteiger charge is -2.26. The fourth-order valence-corrected chi connectivity index (χ4v) is 3.37. The van der Waals surface area contributed by atoms with E-state index in [-0.39, 0.29) is 24.0 Å². The second kappa shape index (κ2) is 6.31. The maximum absolute atomic E-state index is 12.4. The number of nitrogens with one attached hydrogen (secondary N) is 1. The average Bonchev–Trinajstić information content (AvgIpc) is 3.03. The number of amides is 1. The number of aromatic nitrogens is 1. The second-order valence-electron chi connectivity index (χ2n) is 6.09. The van der Waals surface area contributed by atoms with E-state index in [1.807, 2.05) is 16.8 Å². The van der Waals surface area contributed by atoms with Crippen LogP contribution in [0.15, 0.2) is 16.7 Å². The van der Waals surface area contributed by atoms with Crippen LogP contribution in [0.5, 0.6) is 0 Å². The third-order valence-electron chi connectivity index (χ3n) is 4.23. The first-order valence-electron chi connectivity index (χ1n) is 7.24. The lowest BCUT2D eigenvalue weighted by Crippen LogP contribution is -2.39. The molecule has 1 aliphatic carbocycles. The first-order chi connectivity index (χ1) is 9.47. The van der Waals surface area contributed by atoms with Crippen molar-refractivity contribution in [3.8, 4) is 0 Å². The van der Waals surface area contributed by atoms with Gasteiger partial charge in [0.2, 0.25) is 0 Å². The molecule has 2 N–H and O–H groups in total. The minimum atomic E-state index is -0.109. The van der Waals surface area contributed by atoms with Gasteiger partial charge in [0, 0.05) is 28.7 Å². The summed E-state index contributed by atoms with van der Waals surface area (Å²) >= 11 is 3.42. The van der Waals surface area contributed by atoms with Crippen LogP contribution in [-0.4, -0.2) is 28.7 Å². The van der Waals surface area contributed by atoms with Gasteiger partial charge in [-0.15, -0.1) is 0 Å². The summed E-state index contributed by atoms with van der Waals surface area (Å²) in [5.74, 6) is -0.0656. The Labute approximate surface area is 128 Å². The summed E-state index contributed by atoms with van der Waals surface area (Å²) in [6.07, 6.45) is 6.21. The lowest BCUT2D eigenvalue weighted by molar-refractivity contribution is 0.0870. The van der Waals surface area contributed by atoms with E-state index in [2.05, 4.69) is 35.1 Å². The van der Waals surface area contributed by atoms with Gasteiger partial charge in [0.15, 0.2) is 0 Å². The van der Waals surface area contributed by atoms with Crippen molar-refractivity contribution in [3.05, 3.63) is 22.4 Å². The Balaban J connectivity index is 2.05. The number of hydrogen-bond donors (Lipinski definition) is 2. The van der Waals surface area contributed by atoms with Crippen molar-refractivity contribution in [2.75, 3.05) is 13.2 Å². The summed E-state index contributed by atoms with van der Waals surface area (Å²) in [4.78, 5) is 12.4. The molecule has 1 fully saturated rings. The predicted octanol–water partition coefficient (Wildman–Crippen LogP) is 3.11. The number of rotatable bonds is 5. The monoisotopic (exact) mass is 342 g/mol. The van der Waals surface area contributed by atoms with E-state index in [0.717, 1.165) is 30.2 Å². The zero-order valence-electron chi connectivity index (χ0n) is 12.2. The molecule has 112 valence electrons. The first-order valence-corrected chi connectivity index (χ1v) is 8.03. The third-order valence-corrected chi connectivity index (χ3v) is 4.66.